The lowest BCUT2D eigenvalue weighted by Crippen LogP contribution is -2.43. The Balaban J connectivity index is 1.51. The van der Waals surface area contributed by atoms with Gasteiger partial charge in [-0.15, -0.1) is 4.73 Å². The molecular formula is C25H24ClFN6O3. The highest BCUT2D eigenvalue weighted by Gasteiger charge is 2.19. The van der Waals surface area contributed by atoms with Gasteiger partial charge in [0.1, 0.15) is 18.7 Å². The van der Waals surface area contributed by atoms with Crippen LogP contribution in [0.4, 0.5) is 21.7 Å². The molecule has 0 bridgehead atoms. The largest absolute Gasteiger partial charge is 0.495 e. The molecule has 2 N–H and O–H groups in total. The van der Waals surface area contributed by atoms with Crippen molar-refractivity contribution in [3.05, 3.63) is 69.9 Å². The van der Waals surface area contributed by atoms with Crippen molar-refractivity contribution in [2.45, 2.75) is 0 Å². The van der Waals surface area contributed by atoms with Gasteiger partial charge in [0.2, 0.25) is 5.95 Å². The Labute approximate surface area is 211 Å². The fourth-order valence-electron chi connectivity index (χ4n) is 4.28. The van der Waals surface area contributed by atoms with E-state index >= 15 is 0 Å². The van der Waals surface area contributed by atoms with Crippen LogP contribution in [-0.2, 0) is 0 Å². The average Bonchev–Trinajstić information content (AvgIpc) is 2.89. The normalized spacial score (nSPS) is 13.6. The average molecular weight is 511 g/mol. The maximum Gasteiger partial charge on any atom is 0.293 e. The molecule has 0 saturated carbocycles. The number of aromatic nitrogens is 3. The number of rotatable bonds is 6. The second-order valence-corrected chi connectivity index (χ2v) is 8.57. The van der Waals surface area contributed by atoms with Gasteiger partial charge < -0.3 is 25.1 Å². The molecule has 36 heavy (non-hydrogen) atoms. The van der Waals surface area contributed by atoms with E-state index in [4.69, 9.17) is 21.2 Å². The van der Waals surface area contributed by atoms with Crippen LogP contribution >= 0.6 is 11.6 Å². The van der Waals surface area contributed by atoms with Crippen molar-refractivity contribution in [1.29, 1.82) is 0 Å². The van der Waals surface area contributed by atoms with Gasteiger partial charge in [-0.1, -0.05) is 17.7 Å². The zero-order valence-corrected chi connectivity index (χ0v) is 20.5. The second-order valence-electron chi connectivity index (χ2n) is 8.16. The van der Waals surface area contributed by atoms with Crippen LogP contribution in [0.1, 0.15) is 0 Å². The Morgan fingerprint density at radius 1 is 1.14 bits per heavy atom. The molecule has 4 aromatic rings. The summed E-state index contributed by atoms with van der Waals surface area (Å²) in [7, 11) is 2.97. The summed E-state index contributed by atoms with van der Waals surface area (Å²) in [5.74, 6) is 0.364. The molecule has 3 heterocycles. The third-order valence-corrected chi connectivity index (χ3v) is 6.33. The molecule has 0 radical (unpaired) electrons. The van der Waals surface area contributed by atoms with Crippen LogP contribution in [0.3, 0.4) is 0 Å². The van der Waals surface area contributed by atoms with Crippen LogP contribution in [-0.4, -0.2) is 55.1 Å². The molecule has 11 heteroatoms. The predicted octanol–water partition coefficient (Wildman–Crippen LogP) is 3.47. The number of benzene rings is 2. The van der Waals surface area contributed by atoms with Gasteiger partial charge in [-0.05, 0) is 30.3 Å². The van der Waals surface area contributed by atoms with E-state index in [1.54, 1.807) is 7.11 Å². The van der Waals surface area contributed by atoms with Crippen LogP contribution in [0.5, 0.6) is 5.75 Å². The van der Waals surface area contributed by atoms with Crippen molar-refractivity contribution < 1.29 is 14.0 Å². The summed E-state index contributed by atoms with van der Waals surface area (Å²) >= 11 is 6.20. The zero-order valence-electron chi connectivity index (χ0n) is 19.7. The summed E-state index contributed by atoms with van der Waals surface area (Å²) < 4.78 is 21.2. The molecule has 0 aliphatic carbocycles. The number of fused-ring (bicyclic) bond motifs is 1. The Bertz CT molecular complexity index is 1470. The highest BCUT2D eigenvalue weighted by Crippen LogP contribution is 2.33. The first kappa shape index (κ1) is 23.8. The second kappa shape index (κ2) is 10.00. The molecule has 2 aromatic carbocycles. The molecule has 0 unspecified atom stereocenters. The van der Waals surface area contributed by atoms with Crippen molar-refractivity contribution in [2.24, 2.45) is 0 Å². The van der Waals surface area contributed by atoms with Crippen molar-refractivity contribution in [3.8, 4) is 16.9 Å². The van der Waals surface area contributed by atoms with E-state index in [0.717, 1.165) is 42.3 Å². The number of hydrogen-bond acceptors (Lipinski definition) is 8. The molecule has 0 amide bonds. The van der Waals surface area contributed by atoms with Crippen molar-refractivity contribution in [1.82, 2.24) is 20.0 Å². The molecule has 1 fully saturated rings. The molecule has 0 spiro atoms. The van der Waals surface area contributed by atoms with E-state index in [2.05, 4.69) is 25.5 Å². The van der Waals surface area contributed by atoms with Gasteiger partial charge in [0, 0.05) is 55.1 Å². The fraction of sp³-hybridized carbons (Fsp3) is 0.240. The van der Waals surface area contributed by atoms with Crippen LogP contribution in [0, 0.1) is 5.82 Å². The summed E-state index contributed by atoms with van der Waals surface area (Å²) in [6.45, 7) is 3.62. The van der Waals surface area contributed by atoms with Crippen LogP contribution in [0.2, 0.25) is 5.02 Å². The zero-order chi connectivity index (χ0) is 25.2. The lowest BCUT2D eigenvalue weighted by molar-refractivity contribution is 0.168. The summed E-state index contributed by atoms with van der Waals surface area (Å²) in [4.78, 5) is 29.6. The Hall–Kier alpha value is -3.89. The van der Waals surface area contributed by atoms with E-state index in [1.165, 1.54) is 37.6 Å². The minimum Gasteiger partial charge on any atom is -0.495 e. The van der Waals surface area contributed by atoms with Crippen molar-refractivity contribution in [2.75, 3.05) is 50.6 Å². The summed E-state index contributed by atoms with van der Waals surface area (Å²) in [5.41, 5.74) is 1.40. The molecule has 1 aliphatic heterocycles. The number of halogens is 2. The minimum atomic E-state index is -0.612. The lowest BCUT2D eigenvalue weighted by Gasteiger charge is -2.30. The van der Waals surface area contributed by atoms with E-state index in [9.17, 15) is 9.18 Å². The predicted molar refractivity (Wildman–Crippen MR) is 138 cm³/mol. The van der Waals surface area contributed by atoms with E-state index < -0.39 is 11.4 Å². The monoisotopic (exact) mass is 510 g/mol. The quantitative estimate of drug-likeness (QED) is 0.407. The number of piperazine rings is 1. The Morgan fingerprint density at radius 2 is 1.94 bits per heavy atom. The highest BCUT2D eigenvalue weighted by molar-refractivity contribution is 6.33. The SMILES string of the molecule is COc1cc(Nc2ncc3cc(-c4c(F)cccc4Cl)c(=O)n(OC)c3n2)ccc1N1CCNCC1. The lowest BCUT2D eigenvalue weighted by atomic mass is 10.1. The summed E-state index contributed by atoms with van der Waals surface area (Å²) in [6, 6.07) is 11.5. The first-order chi connectivity index (χ1) is 17.5. The smallest absolute Gasteiger partial charge is 0.293 e. The van der Waals surface area contributed by atoms with E-state index in [0.29, 0.717) is 11.1 Å². The first-order valence-corrected chi connectivity index (χ1v) is 11.7. The van der Waals surface area contributed by atoms with E-state index in [-0.39, 0.29) is 27.7 Å². The topological polar surface area (TPSA) is 93.5 Å². The fourth-order valence-corrected chi connectivity index (χ4v) is 4.55. The first-order valence-electron chi connectivity index (χ1n) is 11.3. The summed E-state index contributed by atoms with van der Waals surface area (Å²) in [6.07, 6.45) is 1.53. The molecule has 2 aromatic heterocycles. The third-order valence-electron chi connectivity index (χ3n) is 6.01. The van der Waals surface area contributed by atoms with Gasteiger partial charge in [0.25, 0.3) is 5.56 Å². The number of nitrogens with one attached hydrogen (secondary N) is 2. The van der Waals surface area contributed by atoms with E-state index in [1.807, 2.05) is 18.2 Å². The highest BCUT2D eigenvalue weighted by atomic mass is 35.5. The van der Waals surface area contributed by atoms with Crippen LogP contribution in [0.15, 0.2) is 53.5 Å². The molecule has 5 rings (SSSR count). The van der Waals surface area contributed by atoms with Crippen LogP contribution < -0.4 is 30.7 Å². The number of ether oxygens (including phenoxy) is 1. The standard InChI is InChI=1S/C25H24ClFN6O3/c1-35-21-13-16(6-7-20(21)32-10-8-28-9-11-32)30-25-29-14-15-12-17(22-18(26)4-3-5-19(22)27)24(34)33(36-2)23(15)31-25/h3-7,12-14,28H,8-11H2,1-2H3,(H,29,30,31). The van der Waals surface area contributed by atoms with Crippen molar-refractivity contribution >= 4 is 40.0 Å². The molecule has 0 atom stereocenters. The number of methoxy groups -OCH3 is 1. The van der Waals surface area contributed by atoms with Crippen LogP contribution in [0.25, 0.3) is 22.2 Å². The van der Waals surface area contributed by atoms with Gasteiger partial charge in [0.05, 0.1) is 23.4 Å². The number of nitrogens with zero attached hydrogens (tertiary/aromatic N) is 4. The molecular weight excluding hydrogens is 487 g/mol. The number of anilines is 3. The van der Waals surface area contributed by atoms with Crippen molar-refractivity contribution in [3.63, 3.8) is 0 Å². The molecule has 1 aliphatic rings. The summed E-state index contributed by atoms with van der Waals surface area (Å²) in [5, 5.41) is 7.08. The third kappa shape index (κ3) is 4.40. The van der Waals surface area contributed by atoms with Gasteiger partial charge in [0.15, 0.2) is 5.65 Å². The van der Waals surface area contributed by atoms with Gasteiger partial charge in [-0.25, -0.2) is 9.37 Å². The Kier molecular flexibility index (Phi) is 6.62. The van der Waals surface area contributed by atoms with Gasteiger partial charge in [-0.2, -0.15) is 4.98 Å². The number of hydrogen-bond donors (Lipinski definition) is 2. The molecule has 9 nitrogen and oxygen atoms in total. The van der Waals surface area contributed by atoms with Gasteiger partial charge >= 0.3 is 0 Å². The Morgan fingerprint density at radius 3 is 2.67 bits per heavy atom. The minimum absolute atomic E-state index is 0.00394. The van der Waals surface area contributed by atoms with Gasteiger partial charge in [-0.3, -0.25) is 4.79 Å². The number of pyridine rings is 1. The molecule has 1 saturated heterocycles. The maximum atomic E-state index is 14.5. The molecule has 186 valence electrons. The maximum absolute atomic E-state index is 14.5.